The minimum atomic E-state index is 0.500. The molecule has 104 valence electrons. The van der Waals surface area contributed by atoms with Crippen LogP contribution in [0.3, 0.4) is 0 Å². The third kappa shape index (κ3) is 2370. The third-order valence-corrected chi connectivity index (χ3v) is 0.500. The molecule has 0 aliphatic heterocycles. The summed E-state index contributed by atoms with van der Waals surface area (Å²) in [5, 5.41) is 0. The van der Waals surface area contributed by atoms with E-state index >= 15 is 0 Å². The highest BCUT2D eigenvalue weighted by Crippen LogP contribution is 2.08. The molecule has 0 heteroatoms. The summed E-state index contributed by atoms with van der Waals surface area (Å²) < 4.78 is 0. The van der Waals surface area contributed by atoms with Crippen molar-refractivity contribution in [3.63, 3.8) is 0 Å². The van der Waals surface area contributed by atoms with Crippen molar-refractivity contribution in [2.45, 2.75) is 95.4 Å². The predicted molar refractivity (Wildman–Crippen MR) is 82.2 cm³/mol. The van der Waals surface area contributed by atoms with Gasteiger partial charge in [0.05, 0.1) is 0 Å². The molecule has 0 radical (unpaired) electrons. The fraction of sp³-hybridized carbons (Fsp3) is 1.00. The summed E-state index contributed by atoms with van der Waals surface area (Å²) in [7, 11) is 0. The van der Waals surface area contributed by atoms with Gasteiger partial charge < -0.3 is 0 Å². The van der Waals surface area contributed by atoms with Gasteiger partial charge in [0, 0.05) is 0 Å². The number of rotatable bonds is 1. The van der Waals surface area contributed by atoms with E-state index in [2.05, 4.69) is 76.2 Å². The van der Waals surface area contributed by atoms with Gasteiger partial charge in [0.25, 0.3) is 0 Å². The van der Waals surface area contributed by atoms with Gasteiger partial charge in [-0.15, -0.1) is 0 Å². The first-order valence-electron chi connectivity index (χ1n) is 7.06. The summed E-state index contributed by atoms with van der Waals surface area (Å²) in [6.07, 6.45) is 3.89. The molecule has 0 unspecified atom stereocenters. The maximum atomic E-state index is 2.19. The van der Waals surface area contributed by atoms with Crippen LogP contribution in [0.25, 0.3) is 0 Å². The zero-order chi connectivity index (χ0) is 14.2. The summed E-state index contributed by atoms with van der Waals surface area (Å²) in [4.78, 5) is 0. The molecule has 0 N–H and O–H groups in total. The van der Waals surface area contributed by atoms with Crippen molar-refractivity contribution in [3.8, 4) is 0 Å². The maximum Gasteiger partial charge on any atom is -0.0411 e. The highest BCUT2D eigenvalue weighted by atomic mass is 14.0. The Labute approximate surface area is 107 Å². The van der Waals surface area contributed by atoms with Crippen LogP contribution in [0.15, 0.2) is 0 Å². The van der Waals surface area contributed by atoms with Gasteiger partial charge in [0.2, 0.25) is 0 Å². The second-order valence-corrected chi connectivity index (χ2v) is 6.44. The van der Waals surface area contributed by atoms with E-state index in [-0.39, 0.29) is 0 Å². The Hall–Kier alpha value is 0. The topological polar surface area (TPSA) is 0 Å². The van der Waals surface area contributed by atoms with E-state index in [1.54, 1.807) is 0 Å². The van der Waals surface area contributed by atoms with E-state index in [0.717, 1.165) is 5.92 Å². The van der Waals surface area contributed by atoms with E-state index in [1.807, 2.05) is 0 Å². The number of hydrogen-bond acceptors (Lipinski definition) is 0. The summed E-state index contributed by atoms with van der Waals surface area (Å²) >= 11 is 0. The molecule has 0 aromatic heterocycles. The molecule has 0 bridgehead atoms. The number of hydrogen-bond donors (Lipinski definition) is 0. The second-order valence-electron chi connectivity index (χ2n) is 6.44. The Kier molecular flexibility index (Phi) is 31.9. The van der Waals surface area contributed by atoms with Gasteiger partial charge in [-0.3, -0.25) is 0 Å². The highest BCUT2D eigenvalue weighted by molar-refractivity contribution is 4.47. The van der Waals surface area contributed by atoms with Crippen LogP contribution in [0.5, 0.6) is 0 Å². The van der Waals surface area contributed by atoms with Gasteiger partial charge in [0.1, 0.15) is 0 Å². The number of unbranched alkanes of at least 4 members (excludes halogenated alkanes) is 1. The van der Waals surface area contributed by atoms with Crippen LogP contribution < -0.4 is 0 Å². The Morgan fingerprint density at radius 2 is 0.750 bits per heavy atom. The highest BCUT2D eigenvalue weighted by Gasteiger charge is 1.95. The van der Waals surface area contributed by atoms with Crippen molar-refractivity contribution >= 4 is 0 Å². The Balaban J connectivity index is -0.0000000610. The average molecular weight is 232 g/mol. The Morgan fingerprint density at radius 3 is 0.750 bits per heavy atom. The van der Waals surface area contributed by atoms with Crippen LogP contribution in [-0.2, 0) is 0 Å². The molecule has 0 fully saturated rings. The molecular weight excluding hydrogens is 192 g/mol. The fourth-order valence-electron chi connectivity index (χ4n) is 0. The van der Waals surface area contributed by atoms with Gasteiger partial charge >= 0.3 is 0 Å². The maximum absolute atomic E-state index is 2.19. The van der Waals surface area contributed by atoms with Gasteiger partial charge in [-0.25, -0.2) is 0 Å². The first kappa shape index (κ1) is 25.0. The molecule has 0 heterocycles. The lowest BCUT2D eigenvalue weighted by atomic mass is 10.0. The average Bonchev–Trinajstić information content (AvgIpc) is 2.01. The molecule has 0 aliphatic carbocycles. The molecule has 0 aromatic rings. The Morgan fingerprint density at radius 1 is 0.688 bits per heavy atom. The smallest absolute Gasteiger partial charge is 0.0411 e. The van der Waals surface area contributed by atoms with E-state index in [4.69, 9.17) is 0 Å². The van der Waals surface area contributed by atoms with Gasteiger partial charge in [-0.1, -0.05) is 95.4 Å². The van der Waals surface area contributed by atoms with Crippen LogP contribution in [-0.4, -0.2) is 0 Å². The molecule has 0 nitrogen and oxygen atoms in total. The van der Waals surface area contributed by atoms with Gasteiger partial charge in [0.15, 0.2) is 0 Å². The van der Waals surface area contributed by atoms with E-state index in [0.29, 0.717) is 5.41 Å². The zero-order valence-electron chi connectivity index (χ0n) is 14.2. The monoisotopic (exact) mass is 232 g/mol. The lowest BCUT2D eigenvalue weighted by Crippen LogP contribution is -1.93. The first-order chi connectivity index (χ1) is 7.06. The minimum Gasteiger partial charge on any atom is -0.0656 e. The van der Waals surface area contributed by atoms with Crippen molar-refractivity contribution in [2.75, 3.05) is 0 Å². The lowest BCUT2D eigenvalue weighted by Gasteiger charge is -2.05. The van der Waals surface area contributed by atoms with Crippen molar-refractivity contribution < 1.29 is 0 Å². The minimum absolute atomic E-state index is 0.500. The van der Waals surface area contributed by atoms with E-state index in [9.17, 15) is 0 Å². The van der Waals surface area contributed by atoms with Gasteiger partial charge in [-0.05, 0) is 11.3 Å². The van der Waals surface area contributed by atoms with Gasteiger partial charge in [-0.2, -0.15) is 0 Å². The molecule has 0 aromatic carbocycles. The fourth-order valence-corrected chi connectivity index (χ4v) is 0. The first-order valence-corrected chi connectivity index (χ1v) is 7.06. The standard InChI is InChI=1S/C5H12.2C4H10.C3H8/c1-5(2,3)4;1-4(2)3;1-3-4-2;1-3-2/h1-4H3;4H,1-3H3;3-4H2,1-2H3;3H2,1-2H3. The largest absolute Gasteiger partial charge is 0.0656 e. The van der Waals surface area contributed by atoms with Crippen molar-refractivity contribution in [1.82, 2.24) is 0 Å². The van der Waals surface area contributed by atoms with Crippen LogP contribution in [0, 0.1) is 11.3 Å². The summed E-state index contributed by atoms with van der Waals surface area (Å²) in [5.74, 6) is 0.833. The molecule has 0 spiro atoms. The van der Waals surface area contributed by atoms with Crippen molar-refractivity contribution in [2.24, 2.45) is 11.3 Å². The molecule has 0 atom stereocenters. The van der Waals surface area contributed by atoms with Crippen LogP contribution >= 0.6 is 0 Å². The summed E-state index contributed by atoms with van der Waals surface area (Å²) in [5.41, 5.74) is 0.500. The van der Waals surface area contributed by atoms with Crippen LogP contribution in [0.2, 0.25) is 0 Å². The predicted octanol–water partition coefficient (Wildman–Crippen LogP) is 6.94. The molecule has 0 saturated heterocycles. The van der Waals surface area contributed by atoms with Crippen molar-refractivity contribution in [3.05, 3.63) is 0 Å². The van der Waals surface area contributed by atoms with E-state index in [1.165, 1.54) is 19.3 Å². The molecule has 0 rings (SSSR count). The third-order valence-electron chi connectivity index (χ3n) is 0.500. The molecular formula is C16H40. The SMILES string of the molecule is CC(C)(C)C.CC(C)C.CCC.CCCC. The van der Waals surface area contributed by atoms with Crippen LogP contribution in [0.1, 0.15) is 95.4 Å². The molecule has 16 heavy (non-hydrogen) atoms. The van der Waals surface area contributed by atoms with E-state index < -0.39 is 0 Å². The normalized spacial score (nSPS) is 9.00. The molecule has 0 aliphatic rings. The second kappa shape index (κ2) is 20.4. The summed E-state index contributed by atoms with van der Waals surface area (Å²) in [6.45, 7) is 23.9. The summed E-state index contributed by atoms with van der Waals surface area (Å²) in [6, 6.07) is 0. The quantitative estimate of drug-likeness (QED) is 0.459. The zero-order valence-corrected chi connectivity index (χ0v) is 14.2. The molecule has 0 saturated carbocycles. The molecule has 0 amide bonds. The van der Waals surface area contributed by atoms with Crippen LogP contribution in [0.4, 0.5) is 0 Å². The van der Waals surface area contributed by atoms with Crippen molar-refractivity contribution in [1.29, 1.82) is 0 Å². The Bertz CT molecular complexity index is 63.8. The lowest BCUT2D eigenvalue weighted by molar-refractivity contribution is 0.469.